The second-order valence-corrected chi connectivity index (χ2v) is 10.6. The highest BCUT2D eigenvalue weighted by molar-refractivity contribution is 6.62. The molecule has 2 aliphatic heterocycles. The smallest absolute Gasteiger partial charge is 0.444 e. The summed E-state index contributed by atoms with van der Waals surface area (Å²) in [6, 6.07) is 8.22. The van der Waals surface area contributed by atoms with Gasteiger partial charge in [-0.15, -0.1) is 0 Å². The van der Waals surface area contributed by atoms with Crippen molar-refractivity contribution in [3.63, 3.8) is 0 Å². The normalized spacial score (nSPS) is 20.7. The van der Waals surface area contributed by atoms with Crippen LogP contribution < -0.4 is 10.4 Å². The Kier molecular flexibility index (Phi) is 5.66. The summed E-state index contributed by atoms with van der Waals surface area (Å²) in [4.78, 5) is 21.0. The number of aromatic nitrogens is 1. The van der Waals surface area contributed by atoms with Crippen LogP contribution in [0.4, 0.5) is 10.5 Å². The van der Waals surface area contributed by atoms with Crippen molar-refractivity contribution < 1.29 is 18.8 Å². The Labute approximate surface area is 191 Å². The van der Waals surface area contributed by atoms with Crippen LogP contribution in [0.3, 0.4) is 0 Å². The molecular formula is C24H34BN3O4. The van der Waals surface area contributed by atoms with Gasteiger partial charge in [-0.25, -0.2) is 4.79 Å². The Balaban J connectivity index is 1.54. The molecule has 7 nitrogen and oxygen atoms in total. The maximum atomic E-state index is 12.4. The molecule has 2 saturated heterocycles. The Morgan fingerprint density at radius 3 is 2.25 bits per heavy atom. The fourth-order valence-corrected chi connectivity index (χ4v) is 4.01. The number of pyridine rings is 1. The summed E-state index contributed by atoms with van der Waals surface area (Å²) in [5, 5.41) is 1.06. The van der Waals surface area contributed by atoms with Crippen LogP contribution >= 0.6 is 0 Å². The van der Waals surface area contributed by atoms with Gasteiger partial charge in [-0.2, -0.15) is 0 Å². The van der Waals surface area contributed by atoms with Gasteiger partial charge in [0, 0.05) is 43.4 Å². The van der Waals surface area contributed by atoms with E-state index in [1.165, 1.54) is 0 Å². The van der Waals surface area contributed by atoms with E-state index in [-0.39, 0.29) is 17.3 Å². The minimum atomic E-state index is -0.487. The first kappa shape index (κ1) is 22.9. The number of carbonyl (C=O) groups is 1. The van der Waals surface area contributed by atoms with Gasteiger partial charge in [0.25, 0.3) is 0 Å². The molecule has 0 aliphatic carbocycles. The van der Waals surface area contributed by atoms with Gasteiger partial charge in [-0.3, -0.25) is 4.98 Å². The van der Waals surface area contributed by atoms with Crippen molar-refractivity contribution in [1.82, 2.24) is 9.88 Å². The zero-order valence-corrected chi connectivity index (χ0v) is 20.3. The zero-order valence-electron chi connectivity index (χ0n) is 20.3. The number of ether oxygens (including phenoxy) is 1. The third-order valence-electron chi connectivity index (χ3n) is 6.54. The molecule has 0 saturated carbocycles. The largest absolute Gasteiger partial charge is 0.494 e. The Morgan fingerprint density at radius 1 is 1.03 bits per heavy atom. The highest BCUT2D eigenvalue weighted by Gasteiger charge is 2.51. The molecule has 2 aromatic rings. The molecule has 1 aromatic carbocycles. The van der Waals surface area contributed by atoms with E-state index < -0.39 is 12.7 Å². The monoisotopic (exact) mass is 439 g/mol. The quantitative estimate of drug-likeness (QED) is 0.667. The van der Waals surface area contributed by atoms with Crippen molar-refractivity contribution in [2.75, 3.05) is 31.1 Å². The molecule has 32 heavy (non-hydrogen) atoms. The summed E-state index contributed by atoms with van der Waals surface area (Å²) in [5.74, 6) is 0. The topological polar surface area (TPSA) is 64.1 Å². The maximum Gasteiger partial charge on any atom is 0.494 e. The standard InChI is InChI=1S/C24H34BN3O4/c1-22(2,3)30-21(29)28-14-12-27(13-15-28)20-10-11-26-19-9-8-17(16-18(19)20)25-31-23(4,5)24(6,7)32-25/h8-11,16H,12-15H2,1-7H3. The summed E-state index contributed by atoms with van der Waals surface area (Å²) in [5.41, 5.74) is 1.76. The van der Waals surface area contributed by atoms with Crippen LogP contribution in [0.1, 0.15) is 48.5 Å². The highest BCUT2D eigenvalue weighted by Crippen LogP contribution is 2.37. The van der Waals surface area contributed by atoms with E-state index in [2.05, 4.69) is 43.6 Å². The minimum absolute atomic E-state index is 0.250. The molecule has 0 spiro atoms. The molecule has 172 valence electrons. The molecule has 2 fully saturated rings. The van der Waals surface area contributed by atoms with Crippen LogP contribution in [0.2, 0.25) is 0 Å². The number of benzene rings is 1. The number of rotatable bonds is 2. The van der Waals surface area contributed by atoms with Gasteiger partial charge < -0.3 is 23.8 Å². The Morgan fingerprint density at radius 2 is 1.66 bits per heavy atom. The van der Waals surface area contributed by atoms with Crippen molar-refractivity contribution in [3.05, 3.63) is 30.5 Å². The number of carbonyl (C=O) groups excluding carboxylic acids is 1. The van der Waals surface area contributed by atoms with E-state index in [1.807, 2.05) is 45.2 Å². The third kappa shape index (κ3) is 4.43. The molecule has 1 amide bonds. The molecule has 1 aromatic heterocycles. The highest BCUT2D eigenvalue weighted by atomic mass is 16.7. The summed E-state index contributed by atoms with van der Waals surface area (Å²) in [7, 11) is -0.415. The van der Waals surface area contributed by atoms with E-state index in [0.29, 0.717) is 13.1 Å². The van der Waals surface area contributed by atoms with E-state index in [4.69, 9.17) is 14.0 Å². The number of anilines is 1. The first-order valence-electron chi connectivity index (χ1n) is 11.3. The lowest BCUT2D eigenvalue weighted by Gasteiger charge is -2.37. The van der Waals surface area contributed by atoms with Crippen LogP contribution in [0.15, 0.2) is 30.5 Å². The van der Waals surface area contributed by atoms with Crippen LogP contribution in [-0.4, -0.2) is 66.1 Å². The van der Waals surface area contributed by atoms with Crippen molar-refractivity contribution in [1.29, 1.82) is 0 Å². The Bertz CT molecular complexity index is 994. The molecule has 0 bridgehead atoms. The number of hydrogen-bond acceptors (Lipinski definition) is 6. The van der Waals surface area contributed by atoms with Crippen molar-refractivity contribution in [2.24, 2.45) is 0 Å². The number of fused-ring (bicyclic) bond motifs is 1. The zero-order chi connectivity index (χ0) is 23.3. The van der Waals surface area contributed by atoms with Crippen molar-refractivity contribution in [2.45, 2.75) is 65.3 Å². The molecule has 8 heteroatoms. The van der Waals surface area contributed by atoms with Gasteiger partial charge in [0.2, 0.25) is 0 Å². The van der Waals surface area contributed by atoms with Crippen LogP contribution in [0.5, 0.6) is 0 Å². The molecule has 0 N–H and O–H groups in total. The minimum Gasteiger partial charge on any atom is -0.444 e. The molecule has 0 radical (unpaired) electrons. The molecule has 2 aliphatic rings. The second-order valence-electron chi connectivity index (χ2n) is 10.6. The molecule has 4 rings (SSSR count). The van der Waals surface area contributed by atoms with Crippen LogP contribution in [0, 0.1) is 0 Å². The fourth-order valence-electron chi connectivity index (χ4n) is 4.01. The molecular weight excluding hydrogens is 405 g/mol. The van der Waals surface area contributed by atoms with E-state index in [9.17, 15) is 4.79 Å². The average molecular weight is 439 g/mol. The fraction of sp³-hybridized carbons (Fsp3) is 0.583. The maximum absolute atomic E-state index is 12.4. The predicted octanol–water partition coefficient (Wildman–Crippen LogP) is 3.59. The van der Waals surface area contributed by atoms with Crippen LogP contribution in [0.25, 0.3) is 10.9 Å². The molecule has 0 atom stereocenters. The molecule has 3 heterocycles. The van der Waals surface area contributed by atoms with E-state index >= 15 is 0 Å². The number of piperazine rings is 1. The van der Waals surface area contributed by atoms with E-state index in [1.54, 1.807) is 4.90 Å². The lowest BCUT2D eigenvalue weighted by molar-refractivity contribution is 0.00578. The van der Waals surface area contributed by atoms with Gasteiger partial charge in [0.05, 0.1) is 16.7 Å². The Hall–Kier alpha value is -2.32. The van der Waals surface area contributed by atoms with Crippen molar-refractivity contribution in [3.8, 4) is 0 Å². The lowest BCUT2D eigenvalue weighted by atomic mass is 9.78. The average Bonchev–Trinajstić information content (AvgIpc) is 2.93. The van der Waals surface area contributed by atoms with Crippen LogP contribution in [-0.2, 0) is 14.0 Å². The van der Waals surface area contributed by atoms with E-state index in [0.717, 1.165) is 35.1 Å². The van der Waals surface area contributed by atoms with Crippen molar-refractivity contribution >= 4 is 35.3 Å². The van der Waals surface area contributed by atoms with Gasteiger partial charge in [0.15, 0.2) is 0 Å². The number of amides is 1. The number of nitrogens with zero attached hydrogens (tertiary/aromatic N) is 3. The number of hydrogen-bond donors (Lipinski definition) is 0. The third-order valence-corrected chi connectivity index (χ3v) is 6.54. The van der Waals surface area contributed by atoms with Gasteiger partial charge in [-0.1, -0.05) is 12.1 Å². The summed E-state index contributed by atoms with van der Waals surface area (Å²) in [6.07, 6.45) is 1.59. The summed E-state index contributed by atoms with van der Waals surface area (Å²) in [6.45, 7) is 16.6. The lowest BCUT2D eigenvalue weighted by Crippen LogP contribution is -2.50. The predicted molar refractivity (Wildman–Crippen MR) is 127 cm³/mol. The first-order chi connectivity index (χ1) is 14.9. The van der Waals surface area contributed by atoms with Gasteiger partial charge in [0.1, 0.15) is 5.60 Å². The SMILES string of the molecule is CC(C)(C)OC(=O)N1CCN(c2ccnc3ccc(B4OC(C)(C)C(C)(C)O4)cc23)CC1. The van der Waals surface area contributed by atoms with Gasteiger partial charge >= 0.3 is 13.2 Å². The first-order valence-corrected chi connectivity index (χ1v) is 11.3. The summed E-state index contributed by atoms with van der Waals surface area (Å²) >= 11 is 0. The summed E-state index contributed by atoms with van der Waals surface area (Å²) < 4.78 is 18.0. The molecule has 0 unspecified atom stereocenters. The van der Waals surface area contributed by atoms with Gasteiger partial charge in [-0.05, 0) is 66.1 Å². The second kappa shape index (κ2) is 7.92.